The van der Waals surface area contributed by atoms with E-state index in [4.69, 9.17) is 26.2 Å². The number of halogens is 1. The minimum Gasteiger partial charge on any atom is -0.453 e. The lowest BCUT2D eigenvalue weighted by atomic mass is 10.1. The van der Waals surface area contributed by atoms with Gasteiger partial charge >= 0.3 is 0 Å². The fourth-order valence-electron chi connectivity index (χ4n) is 1.34. The van der Waals surface area contributed by atoms with E-state index in [9.17, 15) is 0 Å². The van der Waals surface area contributed by atoms with E-state index >= 15 is 0 Å². The second-order valence-corrected chi connectivity index (χ2v) is 3.15. The molecule has 2 rings (SSSR count). The Morgan fingerprint density at radius 2 is 2.08 bits per heavy atom. The smallest absolute Gasteiger partial charge is 0.231 e. The lowest BCUT2D eigenvalue weighted by Gasteiger charge is -2.04. The maximum absolute atomic E-state index is 8.79. The van der Waals surface area contributed by atoms with E-state index in [0.29, 0.717) is 22.9 Å². The van der Waals surface area contributed by atoms with Crippen LogP contribution in [0.5, 0.6) is 11.5 Å². The van der Waals surface area contributed by atoms with Crippen LogP contribution in [0.4, 0.5) is 0 Å². The zero-order valence-corrected chi connectivity index (χ0v) is 7.67. The Labute approximate surface area is 80.8 Å². The van der Waals surface area contributed by atoms with Crippen LogP contribution in [-0.2, 0) is 6.42 Å². The molecule has 13 heavy (non-hydrogen) atoms. The monoisotopic (exact) mass is 200 g/mol. The average Bonchev–Trinajstić information content (AvgIpc) is 2.59. The third-order valence-corrected chi connectivity index (χ3v) is 2.23. The van der Waals surface area contributed by atoms with Crippen molar-refractivity contribution in [3.05, 3.63) is 22.7 Å². The summed E-state index contributed by atoms with van der Waals surface area (Å²) >= 11 is 5.87. The minimum atomic E-state index is 0.0947. The topological polar surface area (TPSA) is 38.7 Å². The van der Waals surface area contributed by atoms with E-state index in [0.717, 1.165) is 5.56 Å². The largest absolute Gasteiger partial charge is 0.453 e. The standard InChI is InChI=1S/C9H9ClO3/c10-7-2-1-6(3-4-11)8-9(7)13-5-12-8/h1-2,11H,3-5H2. The van der Waals surface area contributed by atoms with Crippen LogP contribution in [0.25, 0.3) is 0 Å². The van der Waals surface area contributed by atoms with E-state index in [1.807, 2.05) is 6.07 Å². The highest BCUT2D eigenvalue weighted by Gasteiger charge is 2.20. The summed E-state index contributed by atoms with van der Waals surface area (Å²) in [7, 11) is 0. The summed E-state index contributed by atoms with van der Waals surface area (Å²) in [6.45, 7) is 0.301. The number of hydrogen-bond donors (Lipinski definition) is 1. The lowest BCUT2D eigenvalue weighted by molar-refractivity contribution is 0.173. The minimum absolute atomic E-state index is 0.0947. The molecule has 1 aliphatic heterocycles. The van der Waals surface area contributed by atoms with Gasteiger partial charge in [-0.05, 0) is 12.5 Å². The predicted octanol–water partition coefficient (Wildman–Crippen LogP) is 1.60. The van der Waals surface area contributed by atoms with E-state index in [1.54, 1.807) is 6.07 Å². The summed E-state index contributed by atoms with van der Waals surface area (Å²) in [6.07, 6.45) is 0.558. The number of ether oxygens (including phenoxy) is 2. The highest BCUT2D eigenvalue weighted by Crippen LogP contribution is 2.41. The number of fused-ring (bicyclic) bond motifs is 1. The zero-order chi connectivity index (χ0) is 9.26. The molecule has 1 heterocycles. The third kappa shape index (κ3) is 1.45. The Bertz CT molecular complexity index is 325. The van der Waals surface area contributed by atoms with Crippen molar-refractivity contribution in [3.8, 4) is 11.5 Å². The Morgan fingerprint density at radius 1 is 1.31 bits per heavy atom. The van der Waals surface area contributed by atoms with Gasteiger partial charge in [0.15, 0.2) is 11.5 Å². The number of aliphatic hydroxyl groups is 1. The Kier molecular flexibility index (Phi) is 2.29. The first-order valence-corrected chi connectivity index (χ1v) is 4.38. The molecule has 0 saturated carbocycles. The van der Waals surface area contributed by atoms with Gasteiger partial charge in [0.2, 0.25) is 6.79 Å². The van der Waals surface area contributed by atoms with Gasteiger partial charge < -0.3 is 14.6 Å². The fourth-order valence-corrected chi connectivity index (χ4v) is 1.54. The van der Waals surface area contributed by atoms with Crippen LogP contribution in [0, 0.1) is 0 Å². The summed E-state index contributed by atoms with van der Waals surface area (Å²) in [5.74, 6) is 1.26. The summed E-state index contributed by atoms with van der Waals surface area (Å²) in [6, 6.07) is 3.59. The van der Waals surface area contributed by atoms with Crippen molar-refractivity contribution in [3.63, 3.8) is 0 Å². The summed E-state index contributed by atoms with van der Waals surface area (Å²) in [5.41, 5.74) is 0.930. The van der Waals surface area contributed by atoms with Gasteiger partial charge in [0.1, 0.15) is 0 Å². The normalized spacial score (nSPS) is 13.4. The first-order valence-electron chi connectivity index (χ1n) is 4.01. The number of hydrogen-bond acceptors (Lipinski definition) is 3. The average molecular weight is 201 g/mol. The van der Waals surface area contributed by atoms with Crippen molar-refractivity contribution >= 4 is 11.6 Å². The van der Waals surface area contributed by atoms with Gasteiger partial charge in [-0.1, -0.05) is 17.7 Å². The predicted molar refractivity (Wildman–Crippen MR) is 48.4 cm³/mol. The van der Waals surface area contributed by atoms with E-state index in [2.05, 4.69) is 0 Å². The van der Waals surface area contributed by atoms with Gasteiger partial charge in [0, 0.05) is 12.2 Å². The van der Waals surface area contributed by atoms with Crippen LogP contribution < -0.4 is 9.47 Å². The second kappa shape index (κ2) is 3.44. The van der Waals surface area contributed by atoms with E-state index in [-0.39, 0.29) is 13.4 Å². The fraction of sp³-hybridized carbons (Fsp3) is 0.333. The molecule has 0 atom stereocenters. The molecule has 4 heteroatoms. The molecule has 0 unspecified atom stereocenters. The van der Waals surface area contributed by atoms with E-state index < -0.39 is 0 Å². The van der Waals surface area contributed by atoms with Crippen LogP contribution in [0.15, 0.2) is 12.1 Å². The van der Waals surface area contributed by atoms with Crippen molar-refractivity contribution < 1.29 is 14.6 Å². The number of rotatable bonds is 2. The van der Waals surface area contributed by atoms with Crippen LogP contribution >= 0.6 is 11.6 Å². The summed E-state index contributed by atoms with van der Waals surface area (Å²) in [5, 5.41) is 9.34. The molecule has 70 valence electrons. The maximum atomic E-state index is 8.79. The van der Waals surface area contributed by atoms with Crippen molar-refractivity contribution in [2.45, 2.75) is 6.42 Å². The molecular weight excluding hydrogens is 192 g/mol. The molecule has 0 bridgehead atoms. The molecule has 0 spiro atoms. The van der Waals surface area contributed by atoms with Gasteiger partial charge in [0.25, 0.3) is 0 Å². The molecule has 0 aromatic heterocycles. The zero-order valence-electron chi connectivity index (χ0n) is 6.92. The highest BCUT2D eigenvalue weighted by atomic mass is 35.5. The summed E-state index contributed by atoms with van der Waals surface area (Å²) in [4.78, 5) is 0. The first-order chi connectivity index (χ1) is 6.33. The van der Waals surface area contributed by atoms with Gasteiger partial charge in [-0.2, -0.15) is 0 Å². The van der Waals surface area contributed by atoms with Crippen molar-refractivity contribution in [1.29, 1.82) is 0 Å². The van der Waals surface area contributed by atoms with Crippen LogP contribution in [0.2, 0.25) is 5.02 Å². The molecule has 0 radical (unpaired) electrons. The molecule has 0 fully saturated rings. The number of benzene rings is 1. The van der Waals surface area contributed by atoms with Crippen LogP contribution in [-0.4, -0.2) is 18.5 Å². The van der Waals surface area contributed by atoms with Crippen LogP contribution in [0.3, 0.4) is 0 Å². The third-order valence-electron chi connectivity index (χ3n) is 1.93. The summed E-state index contributed by atoms with van der Waals surface area (Å²) < 4.78 is 10.4. The molecule has 0 aliphatic carbocycles. The van der Waals surface area contributed by atoms with Gasteiger partial charge in [-0.15, -0.1) is 0 Å². The lowest BCUT2D eigenvalue weighted by Crippen LogP contribution is -1.95. The number of aliphatic hydroxyl groups excluding tert-OH is 1. The van der Waals surface area contributed by atoms with Gasteiger partial charge in [0.05, 0.1) is 5.02 Å². The second-order valence-electron chi connectivity index (χ2n) is 2.74. The SMILES string of the molecule is OCCc1ccc(Cl)c2c1OCO2. The molecule has 1 aromatic rings. The Hall–Kier alpha value is -0.930. The highest BCUT2D eigenvalue weighted by molar-refractivity contribution is 6.32. The van der Waals surface area contributed by atoms with Crippen molar-refractivity contribution in [2.75, 3.05) is 13.4 Å². The van der Waals surface area contributed by atoms with Crippen molar-refractivity contribution in [2.24, 2.45) is 0 Å². The quantitative estimate of drug-likeness (QED) is 0.788. The maximum Gasteiger partial charge on any atom is 0.231 e. The van der Waals surface area contributed by atoms with E-state index in [1.165, 1.54) is 0 Å². The Balaban J connectivity index is 2.43. The van der Waals surface area contributed by atoms with Gasteiger partial charge in [-0.3, -0.25) is 0 Å². The molecule has 0 saturated heterocycles. The molecule has 1 N–H and O–H groups in total. The van der Waals surface area contributed by atoms with Crippen LogP contribution in [0.1, 0.15) is 5.56 Å². The Morgan fingerprint density at radius 3 is 2.85 bits per heavy atom. The van der Waals surface area contributed by atoms with Gasteiger partial charge in [-0.25, -0.2) is 0 Å². The molecule has 0 amide bonds. The molecule has 1 aliphatic rings. The molecular formula is C9H9ClO3. The molecule has 3 nitrogen and oxygen atoms in total. The first kappa shape index (κ1) is 8.66. The van der Waals surface area contributed by atoms with Crippen molar-refractivity contribution in [1.82, 2.24) is 0 Å². The molecule has 1 aromatic carbocycles.